The van der Waals surface area contributed by atoms with E-state index in [0.717, 1.165) is 38.6 Å². The zero-order valence-corrected chi connectivity index (χ0v) is 19.4. The number of halogens is 1. The first kappa shape index (κ1) is 22.4. The van der Waals surface area contributed by atoms with Crippen molar-refractivity contribution in [3.63, 3.8) is 0 Å². The second-order valence-electron chi connectivity index (χ2n) is 7.84. The van der Waals surface area contributed by atoms with Gasteiger partial charge in [0.05, 0.1) is 0 Å². The van der Waals surface area contributed by atoms with Crippen molar-refractivity contribution in [1.82, 2.24) is 20.4 Å². The lowest BCUT2D eigenvalue weighted by atomic mass is 10.00. The van der Waals surface area contributed by atoms with Crippen LogP contribution in [0.5, 0.6) is 0 Å². The van der Waals surface area contributed by atoms with Crippen LogP contribution in [0.3, 0.4) is 0 Å². The summed E-state index contributed by atoms with van der Waals surface area (Å²) in [4.78, 5) is 9.51. The first-order valence-electron chi connectivity index (χ1n) is 10.2. The van der Waals surface area contributed by atoms with Gasteiger partial charge in [0.25, 0.3) is 0 Å². The molecule has 0 atom stereocenters. The van der Waals surface area contributed by atoms with Crippen LogP contribution in [-0.2, 0) is 13.0 Å². The quantitative estimate of drug-likeness (QED) is 0.383. The van der Waals surface area contributed by atoms with Gasteiger partial charge in [0.2, 0.25) is 0 Å². The predicted octanol–water partition coefficient (Wildman–Crippen LogP) is 2.70. The number of hydrogen-bond donors (Lipinski definition) is 2. The summed E-state index contributed by atoms with van der Waals surface area (Å²) in [5.41, 5.74) is 3.00. The number of nitrogens with one attached hydrogen (secondary N) is 2. The van der Waals surface area contributed by atoms with Crippen LogP contribution in [0.1, 0.15) is 37.8 Å². The third-order valence-electron chi connectivity index (χ3n) is 5.75. The van der Waals surface area contributed by atoms with Crippen LogP contribution in [0, 0.1) is 0 Å². The summed E-state index contributed by atoms with van der Waals surface area (Å²) in [6.07, 6.45) is 3.56. The number of hydrogen-bond acceptors (Lipinski definition) is 3. The Morgan fingerprint density at radius 2 is 1.85 bits per heavy atom. The number of benzene rings is 1. The van der Waals surface area contributed by atoms with E-state index in [-0.39, 0.29) is 24.0 Å². The van der Waals surface area contributed by atoms with Crippen LogP contribution in [0.2, 0.25) is 0 Å². The van der Waals surface area contributed by atoms with Gasteiger partial charge in [-0.25, -0.2) is 0 Å². The third kappa shape index (κ3) is 6.61. The standard InChI is InChI=1S/C21H35N5.HI/c1-17(2)26-13-9-20(10-14-26)24-21(22-3)23-11-15-25-12-8-18-6-4-5-7-19(18)16-25;/h4-7,17,20H,8-16H2,1-3H3,(H2,22,23,24);1H. The molecule has 0 aliphatic carbocycles. The minimum absolute atomic E-state index is 0. The largest absolute Gasteiger partial charge is 0.355 e. The molecule has 0 saturated carbocycles. The molecule has 152 valence electrons. The smallest absolute Gasteiger partial charge is 0.191 e. The van der Waals surface area contributed by atoms with E-state index in [0.29, 0.717) is 12.1 Å². The lowest BCUT2D eigenvalue weighted by molar-refractivity contribution is 0.167. The van der Waals surface area contributed by atoms with Gasteiger partial charge in [0, 0.05) is 58.4 Å². The SMILES string of the molecule is CN=C(NCCN1CCc2ccccc2C1)NC1CCN(C(C)C)CC1.I. The van der Waals surface area contributed by atoms with Crippen molar-refractivity contribution in [2.45, 2.75) is 51.7 Å². The normalized spacial score (nSPS) is 19.5. The fraction of sp³-hybridized carbons (Fsp3) is 0.667. The van der Waals surface area contributed by atoms with Gasteiger partial charge >= 0.3 is 0 Å². The van der Waals surface area contributed by atoms with E-state index in [1.807, 2.05) is 7.05 Å². The van der Waals surface area contributed by atoms with Crippen LogP contribution >= 0.6 is 24.0 Å². The summed E-state index contributed by atoms with van der Waals surface area (Å²) in [6.45, 7) is 11.1. The number of aliphatic imine (C=N–C) groups is 1. The van der Waals surface area contributed by atoms with E-state index in [9.17, 15) is 0 Å². The Bertz CT molecular complexity index is 596. The molecular weight excluding hydrogens is 449 g/mol. The lowest BCUT2D eigenvalue weighted by Gasteiger charge is -2.35. The molecule has 0 radical (unpaired) electrons. The van der Waals surface area contributed by atoms with Gasteiger partial charge in [0.15, 0.2) is 5.96 Å². The highest BCUT2D eigenvalue weighted by Gasteiger charge is 2.21. The molecule has 0 bridgehead atoms. The second kappa shape index (κ2) is 11.2. The van der Waals surface area contributed by atoms with Crippen molar-refractivity contribution in [3.05, 3.63) is 35.4 Å². The van der Waals surface area contributed by atoms with Gasteiger partial charge in [-0.05, 0) is 44.2 Å². The Kier molecular flexibility index (Phi) is 9.32. The zero-order valence-electron chi connectivity index (χ0n) is 17.1. The molecule has 0 amide bonds. The summed E-state index contributed by atoms with van der Waals surface area (Å²) in [5, 5.41) is 7.12. The highest BCUT2D eigenvalue weighted by atomic mass is 127. The molecule has 1 fully saturated rings. The van der Waals surface area contributed by atoms with Crippen molar-refractivity contribution in [2.75, 3.05) is 39.8 Å². The predicted molar refractivity (Wildman–Crippen MR) is 125 cm³/mol. The fourth-order valence-corrected chi connectivity index (χ4v) is 4.03. The molecule has 2 aliphatic rings. The molecule has 2 heterocycles. The maximum Gasteiger partial charge on any atom is 0.191 e. The maximum absolute atomic E-state index is 4.42. The van der Waals surface area contributed by atoms with Crippen LogP contribution < -0.4 is 10.6 Å². The van der Waals surface area contributed by atoms with Gasteiger partial charge in [0.1, 0.15) is 0 Å². The molecule has 3 rings (SSSR count). The van der Waals surface area contributed by atoms with E-state index in [2.05, 4.69) is 63.5 Å². The Balaban J connectivity index is 0.00000261. The Morgan fingerprint density at radius 1 is 1.15 bits per heavy atom. The minimum Gasteiger partial charge on any atom is -0.355 e. The third-order valence-corrected chi connectivity index (χ3v) is 5.75. The topological polar surface area (TPSA) is 42.9 Å². The molecule has 6 heteroatoms. The molecule has 0 aromatic heterocycles. The van der Waals surface area contributed by atoms with Crippen molar-refractivity contribution >= 4 is 29.9 Å². The summed E-state index contributed by atoms with van der Waals surface area (Å²) in [7, 11) is 1.87. The van der Waals surface area contributed by atoms with Gasteiger partial charge in [-0.2, -0.15) is 0 Å². The Hall–Kier alpha value is -0.860. The second-order valence-corrected chi connectivity index (χ2v) is 7.84. The minimum atomic E-state index is 0. The van der Waals surface area contributed by atoms with Crippen molar-refractivity contribution in [1.29, 1.82) is 0 Å². The Labute approximate surface area is 182 Å². The molecule has 1 aromatic rings. The molecule has 0 spiro atoms. The van der Waals surface area contributed by atoms with E-state index in [1.165, 1.54) is 37.1 Å². The number of guanidine groups is 1. The Morgan fingerprint density at radius 3 is 2.52 bits per heavy atom. The number of likely N-dealkylation sites (tertiary alicyclic amines) is 1. The van der Waals surface area contributed by atoms with Crippen molar-refractivity contribution < 1.29 is 0 Å². The molecule has 27 heavy (non-hydrogen) atoms. The highest BCUT2D eigenvalue weighted by Crippen LogP contribution is 2.17. The first-order valence-corrected chi connectivity index (χ1v) is 10.2. The molecule has 1 aromatic carbocycles. The lowest BCUT2D eigenvalue weighted by Crippen LogP contribution is -2.50. The maximum atomic E-state index is 4.42. The summed E-state index contributed by atoms with van der Waals surface area (Å²) >= 11 is 0. The number of rotatable bonds is 5. The number of fused-ring (bicyclic) bond motifs is 1. The van der Waals surface area contributed by atoms with Crippen LogP contribution in [-0.4, -0.2) is 67.6 Å². The summed E-state index contributed by atoms with van der Waals surface area (Å²) in [6, 6.07) is 10.0. The molecule has 0 unspecified atom stereocenters. The van der Waals surface area contributed by atoms with Gasteiger partial charge in [-0.1, -0.05) is 24.3 Å². The van der Waals surface area contributed by atoms with Crippen LogP contribution in [0.25, 0.3) is 0 Å². The summed E-state index contributed by atoms with van der Waals surface area (Å²) < 4.78 is 0. The zero-order chi connectivity index (χ0) is 18.4. The molecular formula is C21H36IN5. The van der Waals surface area contributed by atoms with Gasteiger partial charge < -0.3 is 15.5 Å². The molecule has 2 N–H and O–H groups in total. The molecule has 5 nitrogen and oxygen atoms in total. The average Bonchev–Trinajstić information content (AvgIpc) is 2.67. The van der Waals surface area contributed by atoms with Crippen LogP contribution in [0.15, 0.2) is 29.3 Å². The number of nitrogens with zero attached hydrogens (tertiary/aromatic N) is 3. The first-order chi connectivity index (χ1) is 12.7. The summed E-state index contributed by atoms with van der Waals surface area (Å²) in [5.74, 6) is 0.949. The molecule has 1 saturated heterocycles. The van der Waals surface area contributed by atoms with E-state index < -0.39 is 0 Å². The van der Waals surface area contributed by atoms with Gasteiger partial charge in [-0.3, -0.25) is 9.89 Å². The van der Waals surface area contributed by atoms with E-state index >= 15 is 0 Å². The van der Waals surface area contributed by atoms with Crippen molar-refractivity contribution in [3.8, 4) is 0 Å². The molecule has 2 aliphatic heterocycles. The van der Waals surface area contributed by atoms with E-state index in [1.54, 1.807) is 0 Å². The highest BCUT2D eigenvalue weighted by molar-refractivity contribution is 14.0. The van der Waals surface area contributed by atoms with Gasteiger partial charge in [-0.15, -0.1) is 24.0 Å². The fourth-order valence-electron chi connectivity index (χ4n) is 4.03. The van der Waals surface area contributed by atoms with Crippen LogP contribution in [0.4, 0.5) is 0 Å². The average molecular weight is 485 g/mol. The van der Waals surface area contributed by atoms with E-state index in [4.69, 9.17) is 0 Å². The van der Waals surface area contributed by atoms with Crippen molar-refractivity contribution in [2.24, 2.45) is 4.99 Å². The monoisotopic (exact) mass is 485 g/mol. The number of piperidine rings is 1.